The number of fused-ring (bicyclic) bond motifs is 4. The van der Waals surface area contributed by atoms with Crippen LogP contribution in [-0.4, -0.2) is 199 Å². The molecule has 3 aliphatic rings. The van der Waals surface area contributed by atoms with E-state index in [-0.39, 0.29) is 24.8 Å². The van der Waals surface area contributed by atoms with Crippen LogP contribution in [0.3, 0.4) is 0 Å². The predicted octanol–water partition coefficient (Wildman–Crippen LogP) is 10.4. The molecule has 0 saturated carbocycles. The molecule has 3 aliphatic heterocycles. The smallest absolute Gasteiger partial charge is 0.407 e. The summed E-state index contributed by atoms with van der Waals surface area (Å²) in [5.74, 6) is 3.84. The number of amides is 1. The molecule has 3 saturated heterocycles. The molecule has 0 bridgehead atoms. The standard InChI is InChI=1S/C22H28N8O2S2.C20H24N8S.C19H20N8O2S.C18H22N8OS/c1-14-7-19(33-22(14)34(31,32)28(2)3)27-20-21-24-11-18(16-10-25-29(4)12-16)30(21)13-17(26-20)8-15-5-6-23-9-15;1-13-6-18(29-26-13)25-19-20-22-10-17(15-9-23-27(2)11-15)28(20)12-16(24-19)7-14-4-3-5-21-8-14;1-11-5-16(30-25-11)24-17-18-20-7-15(12-6-21-26(2)8-12)27(18)9-13(22-17)3-4-14-10-29-19(28)23-14;1-11-5-16(28-24-11)23-17-18-20-7-15(12-6-21-25(2)8-12)26(18)9-14(22-17)4-3-13(19)10-27/h7,10-13,15,23H,5-6,8-9H2,1-4H3,(H,26,27);6,9-12,14,21H,3-5,7-8H2,1-2H3,(H,24,25);5-9,14H,3-4,10H2,1-2H3,(H,22,24)(H,23,28);5-9,13,27H,3-4,10,19H2,1-2H3,(H,22,23). The number of rotatable bonds is 25. The Hall–Kier alpha value is -11.9. The molecule has 19 rings (SSSR count). The molecule has 4 atom stereocenters. The highest BCUT2D eigenvalue weighted by atomic mass is 32.2. The SMILES string of the molecule is Cc1cc(Nc2nc(CC3CCCNC3)cn3c(-c4cnn(C)c4)cnc23)sn1.Cc1cc(Nc2nc(CC3CCNC3)cn3c(-c4cnn(C)c4)cnc23)sc1S(=O)(=O)N(C)C.Cc1cc(Nc2nc(CCC(N)CO)cn3c(-c4cnn(C)c4)cnc23)sn1.Cc1cc(Nc2nc(CCC3COC(=O)N3)cn3c(-c4cnn(C)c4)cnc23)sn1. The third kappa shape index (κ3) is 19.3. The van der Waals surface area contributed by atoms with Crippen molar-refractivity contribution < 1.29 is 23.1 Å². The minimum Gasteiger partial charge on any atom is -0.447 e. The molecule has 10 N–H and O–H groups in total. The van der Waals surface area contributed by atoms with Gasteiger partial charge in [-0.05, 0) is 188 Å². The number of anilines is 8. The summed E-state index contributed by atoms with van der Waals surface area (Å²) < 4.78 is 60.3. The number of hydrogen-bond acceptors (Lipinski definition) is 31. The Morgan fingerprint density at radius 2 is 0.934 bits per heavy atom. The zero-order valence-electron chi connectivity index (χ0n) is 68.4. The number of piperidine rings is 1. The van der Waals surface area contributed by atoms with Crippen LogP contribution in [0.2, 0.25) is 0 Å². The largest absolute Gasteiger partial charge is 0.447 e. The fourth-order valence-electron chi connectivity index (χ4n) is 14.6. The number of carbonyl (C=O) groups excluding carboxylic acids is 1. The van der Waals surface area contributed by atoms with Crippen molar-refractivity contribution in [1.82, 2.24) is 130 Å². The summed E-state index contributed by atoms with van der Waals surface area (Å²) in [4.78, 5) is 49.2. The van der Waals surface area contributed by atoms with E-state index in [1.807, 2.05) is 178 Å². The van der Waals surface area contributed by atoms with Crippen LogP contribution in [0.4, 0.5) is 48.1 Å². The first kappa shape index (κ1) is 82.8. The minimum atomic E-state index is -3.52. The van der Waals surface area contributed by atoms with Crippen LogP contribution in [0.25, 0.3) is 67.6 Å². The molecule has 0 aromatic carbocycles. The molecule has 121 heavy (non-hydrogen) atoms. The number of imidazole rings is 4. The van der Waals surface area contributed by atoms with E-state index in [4.69, 9.17) is 30.4 Å². The summed E-state index contributed by atoms with van der Waals surface area (Å²) >= 11 is 5.41. The van der Waals surface area contributed by atoms with Gasteiger partial charge in [-0.15, -0.1) is 11.3 Å². The van der Waals surface area contributed by atoms with Crippen molar-refractivity contribution in [3.63, 3.8) is 0 Å². The van der Waals surface area contributed by atoms with E-state index in [1.165, 1.54) is 63.1 Å². The normalized spacial score (nSPS) is 15.7. The molecule has 0 aliphatic carbocycles. The molecule has 16 aromatic heterocycles. The Bertz CT molecular complexity index is 6430. The first-order chi connectivity index (χ1) is 58.4. The van der Waals surface area contributed by atoms with Crippen molar-refractivity contribution in [3.8, 4) is 45.0 Å². The number of cyclic esters (lactones) is 1. The highest BCUT2D eigenvalue weighted by Gasteiger charge is 2.28. The van der Waals surface area contributed by atoms with Crippen molar-refractivity contribution in [2.24, 2.45) is 45.8 Å². The van der Waals surface area contributed by atoms with E-state index in [9.17, 15) is 18.3 Å². The van der Waals surface area contributed by atoms with Crippen LogP contribution < -0.4 is 43.0 Å². The monoisotopic (exact) mass is 1730 g/mol. The molecular weight excluding hydrogens is 1640 g/mol. The van der Waals surface area contributed by atoms with Crippen LogP contribution in [0.15, 0.2) is 128 Å². The first-order valence-corrected chi connectivity index (χ1v) is 44.1. The second kappa shape index (κ2) is 36.2. The quantitative estimate of drug-likeness (QED) is 0.0257. The Balaban J connectivity index is 0.000000120. The van der Waals surface area contributed by atoms with E-state index in [0.29, 0.717) is 75.6 Å². The second-order valence-corrected chi connectivity index (χ2v) is 36.4. The Labute approximate surface area is 712 Å². The number of nitrogens with two attached hydrogens (primary N) is 1. The maximum absolute atomic E-state index is 12.7. The third-order valence-corrected chi connectivity index (χ3v) is 26.6. The van der Waals surface area contributed by atoms with Gasteiger partial charge in [-0.2, -0.15) is 33.5 Å². The third-order valence-electron chi connectivity index (χ3n) is 20.7. The van der Waals surface area contributed by atoms with Gasteiger partial charge in [0.1, 0.15) is 25.8 Å². The topological polar surface area (TPSA) is 425 Å². The van der Waals surface area contributed by atoms with E-state index >= 15 is 0 Å². The minimum absolute atomic E-state index is 0.00358. The number of nitrogens with one attached hydrogen (secondary N) is 7. The van der Waals surface area contributed by atoms with E-state index in [0.717, 1.165) is 175 Å². The zero-order valence-corrected chi connectivity index (χ0v) is 72.5. The van der Waals surface area contributed by atoms with Gasteiger partial charge in [0.2, 0.25) is 0 Å². The van der Waals surface area contributed by atoms with Gasteiger partial charge in [0.25, 0.3) is 10.0 Å². The molecule has 37 nitrogen and oxygen atoms in total. The number of sulfonamides is 1. The van der Waals surface area contributed by atoms with Gasteiger partial charge in [0, 0.05) is 120 Å². The summed E-state index contributed by atoms with van der Waals surface area (Å²) in [5.41, 5.74) is 23.9. The van der Waals surface area contributed by atoms with Crippen LogP contribution in [0.1, 0.15) is 77.5 Å². The number of aromatic nitrogens is 23. The molecule has 42 heteroatoms. The number of aryl methyl sites for hydroxylation is 10. The number of hydrogen-bond donors (Lipinski definition) is 9. The zero-order chi connectivity index (χ0) is 84.2. The van der Waals surface area contributed by atoms with Gasteiger partial charge in [-0.3, -0.25) is 36.3 Å². The van der Waals surface area contributed by atoms with Crippen molar-refractivity contribution >= 4 is 128 Å². The number of nitrogens with zero attached hydrogens (tertiary/aromatic N) is 24. The fourth-order valence-corrected chi connectivity index (χ4v) is 19.3. The summed E-state index contributed by atoms with van der Waals surface area (Å²) in [7, 11) is 7.14. The lowest BCUT2D eigenvalue weighted by molar-refractivity contribution is 0.176. The first-order valence-electron chi connectivity index (χ1n) is 39.5. The van der Waals surface area contributed by atoms with Gasteiger partial charge >= 0.3 is 6.09 Å². The molecule has 0 spiro atoms. The van der Waals surface area contributed by atoms with E-state index < -0.39 is 10.0 Å². The van der Waals surface area contributed by atoms with Gasteiger partial charge in [0.05, 0.1) is 130 Å². The number of thiophene rings is 1. The summed E-state index contributed by atoms with van der Waals surface area (Å²) in [5, 5.41) is 53.1. The molecule has 16 aromatic rings. The van der Waals surface area contributed by atoms with Crippen molar-refractivity contribution in [1.29, 1.82) is 0 Å². The van der Waals surface area contributed by atoms with Crippen molar-refractivity contribution in [2.75, 3.05) is 74.8 Å². The lowest BCUT2D eigenvalue weighted by Crippen LogP contribution is -2.31. The number of alkyl carbamates (subject to hydrolysis) is 1. The highest BCUT2D eigenvalue weighted by Crippen LogP contribution is 2.38. The van der Waals surface area contributed by atoms with Crippen molar-refractivity contribution in [2.45, 2.75) is 102 Å². The molecule has 3 fully saturated rings. The van der Waals surface area contributed by atoms with Crippen LogP contribution in [0.5, 0.6) is 0 Å². The molecular formula is C79H94N32O5S5. The maximum atomic E-state index is 12.7. The Kier molecular flexibility index (Phi) is 24.8. The summed E-state index contributed by atoms with van der Waals surface area (Å²) in [6.45, 7) is 12.2. The van der Waals surface area contributed by atoms with E-state index in [1.54, 1.807) is 35.1 Å². The highest BCUT2D eigenvalue weighted by molar-refractivity contribution is 7.91. The second-order valence-electron chi connectivity index (χ2n) is 30.6. The molecule has 630 valence electrons. The summed E-state index contributed by atoms with van der Waals surface area (Å²) in [6.07, 6.45) is 38.4. The van der Waals surface area contributed by atoms with Gasteiger partial charge in [-0.1, -0.05) is 0 Å². The summed E-state index contributed by atoms with van der Waals surface area (Å²) in [6, 6.07) is 7.56. The maximum Gasteiger partial charge on any atom is 0.407 e. The number of ether oxygens (including phenoxy) is 1. The number of aliphatic hydroxyl groups is 1. The van der Waals surface area contributed by atoms with Crippen molar-refractivity contribution in [3.05, 3.63) is 169 Å². The fraction of sp³-hybridized carbons (Fsp3) is 0.367. The average molecular weight is 1730 g/mol. The molecule has 4 unspecified atom stereocenters. The molecule has 1 amide bonds. The average Bonchev–Trinajstić information content (AvgIpc) is 1.64. The van der Waals surface area contributed by atoms with Gasteiger partial charge in [0.15, 0.2) is 45.9 Å². The Morgan fingerprint density at radius 3 is 1.29 bits per heavy atom. The Morgan fingerprint density at radius 1 is 0.537 bits per heavy atom. The lowest BCUT2D eigenvalue weighted by atomic mass is 9.95. The van der Waals surface area contributed by atoms with Crippen LogP contribution >= 0.6 is 45.9 Å². The lowest BCUT2D eigenvalue weighted by Gasteiger charge is -2.22. The number of aliphatic hydroxyl groups excluding tert-OH is 1. The van der Waals surface area contributed by atoms with E-state index in [2.05, 4.69) is 107 Å². The molecule has 19 heterocycles. The predicted molar refractivity (Wildman–Crippen MR) is 468 cm³/mol. The van der Waals surface area contributed by atoms with Crippen LogP contribution in [0, 0.1) is 39.5 Å². The number of carbonyl (C=O) groups is 1. The molecule has 0 radical (unpaired) electrons. The van der Waals surface area contributed by atoms with Gasteiger partial charge in [-0.25, -0.2) is 57.4 Å². The van der Waals surface area contributed by atoms with Gasteiger partial charge < -0.3 is 52.8 Å². The van der Waals surface area contributed by atoms with Crippen LogP contribution in [-0.2, 0) is 68.6 Å².